The van der Waals surface area contributed by atoms with Crippen LogP contribution in [-0.2, 0) is 44.6 Å². The number of phenols is 1. The maximum Gasteiger partial charge on any atom is 1.00 e. The quantitative estimate of drug-likeness (QED) is 0.0322. The molecule has 3 heterocycles. The third-order valence-corrected chi connectivity index (χ3v) is 11.2. The molecule has 3 aliphatic heterocycles. The zero-order valence-electron chi connectivity index (χ0n) is 34.5. The number of carbonyl (C=O) groups is 6. The summed E-state index contributed by atoms with van der Waals surface area (Å²) in [6.45, 7) is 2.79. The molecule has 26 heteroatoms. The van der Waals surface area contributed by atoms with Gasteiger partial charge in [-0.05, 0) is 44.0 Å². The fourth-order valence-corrected chi connectivity index (χ4v) is 7.74. The molecule has 1 aromatic rings. The molecule has 0 aliphatic carbocycles. The number of nitrogens with two attached hydrogens (primary N) is 1. The SMILES string of the molecule is C[C@H]1C[C@@H](O)CNC(=O)[C@@H]2[C@@H](O)[C@@H](C)CN2C(=O)[C@H]([C@H](O)CCN)NC(=O)[C@H]([C@H](O)Cc2ccc(O)c(OSOO[O-])c2)NC(=O)[C@@H]2C[C@@H](O)CN2C(=O)[C@H]([C@@H](C)O)NC1=O.[Na+]. The monoisotopic (exact) mass is 911 g/mol. The van der Waals surface area contributed by atoms with Crippen molar-refractivity contribution in [2.24, 2.45) is 17.6 Å². The van der Waals surface area contributed by atoms with Gasteiger partial charge >= 0.3 is 29.6 Å². The number of aliphatic hydroxyl groups excluding tert-OH is 6. The van der Waals surface area contributed by atoms with Crippen LogP contribution in [0.15, 0.2) is 18.2 Å². The number of rotatable bonds is 11. The minimum Gasteiger partial charge on any atom is -0.691 e. The first-order valence-electron chi connectivity index (χ1n) is 19.5. The number of aliphatic hydroxyl groups is 6. The molecule has 4 rings (SSSR count). The maximum atomic E-state index is 14.3. The number of hydrogen-bond acceptors (Lipinski definition) is 19. The van der Waals surface area contributed by atoms with E-state index in [1.54, 1.807) is 6.92 Å². The number of fused-ring (bicyclic) bond motifs is 2. The summed E-state index contributed by atoms with van der Waals surface area (Å²) >= 11 is 0.0367. The smallest absolute Gasteiger partial charge is 0.691 e. The van der Waals surface area contributed by atoms with E-state index in [0.29, 0.717) is 0 Å². The molecule has 0 spiro atoms. The second kappa shape index (κ2) is 24.0. The Morgan fingerprint density at radius 3 is 2.15 bits per heavy atom. The molecule has 342 valence electrons. The molecule has 3 fully saturated rings. The van der Waals surface area contributed by atoms with Crippen LogP contribution in [0.25, 0.3) is 0 Å². The van der Waals surface area contributed by atoms with Gasteiger partial charge in [0, 0.05) is 44.3 Å². The third kappa shape index (κ3) is 13.3. The van der Waals surface area contributed by atoms with Crippen LogP contribution in [0, 0.1) is 11.8 Å². The van der Waals surface area contributed by atoms with Crippen molar-refractivity contribution in [1.29, 1.82) is 0 Å². The topological polar surface area (TPSA) is 375 Å². The maximum absolute atomic E-state index is 14.3. The fourth-order valence-electron chi connectivity index (χ4n) is 7.48. The number of benzene rings is 1. The molecule has 13 N–H and O–H groups in total. The third-order valence-electron chi connectivity index (χ3n) is 10.8. The number of carbonyl (C=O) groups excluding carboxylic acids is 6. The first-order chi connectivity index (χ1) is 28.8. The Balaban J connectivity index is 0.0000102. The van der Waals surface area contributed by atoms with Gasteiger partial charge in [-0.15, -0.1) is 4.33 Å². The summed E-state index contributed by atoms with van der Waals surface area (Å²) in [5.41, 5.74) is 5.84. The zero-order valence-corrected chi connectivity index (χ0v) is 37.3. The molecule has 62 heavy (non-hydrogen) atoms. The van der Waals surface area contributed by atoms with Gasteiger partial charge in [0.05, 0.1) is 36.6 Å². The van der Waals surface area contributed by atoms with E-state index < -0.39 is 146 Å². The molecular formula is C36H54N7NaO17S. The normalized spacial score (nSPS) is 31.0. The van der Waals surface area contributed by atoms with E-state index in [9.17, 15) is 69.8 Å². The van der Waals surface area contributed by atoms with Gasteiger partial charge in [0.1, 0.15) is 30.2 Å². The van der Waals surface area contributed by atoms with Crippen molar-refractivity contribution in [3.05, 3.63) is 23.8 Å². The molecule has 0 unspecified atom stereocenters. The molecule has 3 aliphatic rings. The summed E-state index contributed by atoms with van der Waals surface area (Å²) < 4.78 is 9.08. The summed E-state index contributed by atoms with van der Waals surface area (Å²) in [5.74, 6) is -8.63. The summed E-state index contributed by atoms with van der Waals surface area (Å²) in [6, 6.07) is -5.16. The van der Waals surface area contributed by atoms with Crippen molar-refractivity contribution in [3.63, 3.8) is 0 Å². The van der Waals surface area contributed by atoms with Gasteiger partial charge in [0.15, 0.2) is 11.5 Å². The van der Waals surface area contributed by atoms with E-state index >= 15 is 0 Å². The van der Waals surface area contributed by atoms with Crippen molar-refractivity contribution in [2.45, 2.75) is 113 Å². The van der Waals surface area contributed by atoms with Crippen LogP contribution in [0.2, 0.25) is 0 Å². The Morgan fingerprint density at radius 1 is 0.855 bits per heavy atom. The van der Waals surface area contributed by atoms with Crippen molar-refractivity contribution >= 4 is 47.8 Å². The predicted octanol–water partition coefficient (Wildman–Crippen LogP) is -9.30. The van der Waals surface area contributed by atoms with Gasteiger partial charge in [-0.25, -0.2) is 0 Å². The molecule has 0 radical (unpaired) electrons. The van der Waals surface area contributed by atoms with Crippen LogP contribution in [0.1, 0.15) is 45.6 Å². The number of aromatic hydroxyl groups is 1. The van der Waals surface area contributed by atoms with E-state index in [2.05, 4.69) is 30.6 Å². The van der Waals surface area contributed by atoms with Crippen molar-refractivity contribution in [2.75, 3.05) is 26.2 Å². The first-order valence-corrected chi connectivity index (χ1v) is 20.2. The second-order valence-corrected chi connectivity index (χ2v) is 16.0. The molecule has 24 nitrogen and oxygen atoms in total. The Labute approximate surface area is 382 Å². The molecule has 0 bridgehead atoms. The van der Waals surface area contributed by atoms with Crippen molar-refractivity contribution in [1.82, 2.24) is 31.1 Å². The van der Waals surface area contributed by atoms with Crippen molar-refractivity contribution in [3.8, 4) is 11.5 Å². The van der Waals surface area contributed by atoms with E-state index in [0.717, 1.165) is 15.9 Å². The summed E-state index contributed by atoms with van der Waals surface area (Å²) in [6.07, 6.45) is -10.8. The van der Waals surface area contributed by atoms with E-state index in [1.807, 2.05) is 0 Å². The number of amides is 6. The first kappa shape index (κ1) is 52.9. The number of β-amino-alcohol motifs (C(OH)–C–C–N with tert-alkyl or cyclic N) is 1. The van der Waals surface area contributed by atoms with Crippen LogP contribution in [-0.4, -0.2) is 174 Å². The molecule has 13 atom stereocenters. The van der Waals surface area contributed by atoms with E-state index in [-0.39, 0.29) is 79.1 Å². The number of nitrogens with zero attached hydrogens (tertiary/aromatic N) is 2. The van der Waals surface area contributed by atoms with Crippen molar-refractivity contribution < 1.29 is 113 Å². The van der Waals surface area contributed by atoms with Crippen LogP contribution in [0.5, 0.6) is 11.5 Å². The van der Waals surface area contributed by atoms with Crippen LogP contribution in [0.4, 0.5) is 0 Å². The molecule has 3 saturated heterocycles. The standard InChI is InChI=1S/C36H55N7O17S.Na/c1-15-8-19(45)12-38-34(54)29-30(50)16(2)13-43(29)36(56)28(23(48)6-7-37)41-33(53)27(24(49)9-18-4-5-22(47)25(10-18)58-61-60-59-57)40-32(52)21-11-20(46)14-42(21)35(55)26(17(3)44)39-31(15)51;/h4-5,10,15-17,19-21,23-24,26-30,44-50,57H,6-9,11-14,37H2,1-3H3,(H,38,54)(H,39,51)(H,40,52)(H,41,53);/q;+1/p-1/t15-,16-,17+,19+,20+,21-,23+,24+,26-,27-,28-,29-,30-;/m0./s1. The number of hydrogen-bond donors (Lipinski definition) is 12. The van der Waals surface area contributed by atoms with Gasteiger partial charge in [0.25, 0.3) is 12.3 Å². The Bertz CT molecular complexity index is 1740. The fraction of sp³-hybridized carbons (Fsp3) is 0.667. The van der Waals surface area contributed by atoms with Crippen LogP contribution >= 0.6 is 12.3 Å². The predicted molar refractivity (Wildman–Crippen MR) is 205 cm³/mol. The average Bonchev–Trinajstić information content (AvgIpc) is 3.75. The second-order valence-electron chi connectivity index (χ2n) is 15.5. The van der Waals surface area contributed by atoms with E-state index in [1.165, 1.54) is 26.0 Å². The zero-order chi connectivity index (χ0) is 45.3. The summed E-state index contributed by atoms with van der Waals surface area (Å²) in [5, 5.41) is 99.1. The van der Waals surface area contributed by atoms with Crippen LogP contribution < -0.4 is 66.0 Å². The minimum absolute atomic E-state index is 0. The Hall–Kier alpha value is -3.41. The average molecular weight is 912 g/mol. The van der Waals surface area contributed by atoms with Gasteiger partial charge in [-0.2, -0.15) is 0 Å². The van der Waals surface area contributed by atoms with E-state index in [4.69, 9.17) is 9.92 Å². The van der Waals surface area contributed by atoms with Gasteiger partial charge in [-0.1, -0.05) is 19.9 Å². The van der Waals surface area contributed by atoms with Gasteiger partial charge in [-0.3, -0.25) is 33.8 Å². The Kier molecular flexibility index (Phi) is 20.5. The Morgan fingerprint density at radius 2 is 1.50 bits per heavy atom. The molecule has 0 aromatic heterocycles. The van der Waals surface area contributed by atoms with Gasteiger partial charge in [0.2, 0.25) is 35.4 Å². The molecule has 1 aromatic carbocycles. The molecule has 6 amide bonds. The molecule has 0 saturated carbocycles. The van der Waals surface area contributed by atoms with Gasteiger partial charge < -0.3 is 82.0 Å². The molecular weight excluding hydrogens is 857 g/mol. The summed E-state index contributed by atoms with van der Waals surface area (Å²) in [4.78, 5) is 85.3. The number of nitrogens with one attached hydrogen (secondary N) is 4. The minimum atomic E-state index is -2.03. The largest absolute Gasteiger partial charge is 1.00 e. The number of phenolic OH excluding ortho intramolecular Hbond substituents is 1. The summed E-state index contributed by atoms with van der Waals surface area (Å²) in [7, 11) is 0. The van der Waals surface area contributed by atoms with Crippen LogP contribution in [0.3, 0.4) is 0 Å².